The number of rotatable bonds is 4. The number of sulfonamides is 1. The molecule has 1 fully saturated rings. The summed E-state index contributed by atoms with van der Waals surface area (Å²) in [5.74, 6) is 1.04. The lowest BCUT2D eigenvalue weighted by atomic mass is 9.81. The molecule has 1 aliphatic rings. The van der Waals surface area contributed by atoms with Crippen molar-refractivity contribution in [3.05, 3.63) is 23.8 Å². The Morgan fingerprint density at radius 1 is 1.30 bits per heavy atom. The number of anilines is 1. The topological polar surface area (TPSA) is 72.2 Å². The van der Waals surface area contributed by atoms with Gasteiger partial charge in [0.15, 0.2) is 0 Å². The van der Waals surface area contributed by atoms with Gasteiger partial charge in [-0.3, -0.25) is 0 Å². The smallest absolute Gasteiger partial charge is 0.240 e. The summed E-state index contributed by atoms with van der Waals surface area (Å²) in [7, 11) is -3.47. The van der Waals surface area contributed by atoms with Crippen LogP contribution >= 0.6 is 0 Å². The van der Waals surface area contributed by atoms with Gasteiger partial charge in [0.25, 0.3) is 0 Å². The molecule has 0 aromatic heterocycles. The number of nitrogens with one attached hydrogen (secondary N) is 1. The van der Waals surface area contributed by atoms with Crippen molar-refractivity contribution in [2.75, 3.05) is 12.3 Å². The molecule has 4 nitrogen and oxygen atoms in total. The Morgan fingerprint density at radius 3 is 2.70 bits per heavy atom. The first-order chi connectivity index (χ1) is 9.42. The number of hydrogen-bond donors (Lipinski definition) is 2. The van der Waals surface area contributed by atoms with Gasteiger partial charge in [-0.1, -0.05) is 32.3 Å². The monoisotopic (exact) mass is 296 g/mol. The molecule has 0 saturated heterocycles. The number of nitrogens with two attached hydrogens (primary N) is 1. The molecule has 1 aromatic rings. The largest absolute Gasteiger partial charge is 0.398 e. The fourth-order valence-corrected chi connectivity index (χ4v) is 4.28. The van der Waals surface area contributed by atoms with E-state index in [-0.39, 0.29) is 0 Å². The average molecular weight is 296 g/mol. The number of hydrogen-bond acceptors (Lipinski definition) is 3. The van der Waals surface area contributed by atoms with Gasteiger partial charge in [-0.05, 0) is 42.9 Å². The molecule has 112 valence electrons. The first-order valence-electron chi connectivity index (χ1n) is 7.26. The molecule has 5 heteroatoms. The highest BCUT2D eigenvalue weighted by atomic mass is 32.2. The van der Waals surface area contributed by atoms with Gasteiger partial charge >= 0.3 is 0 Å². The Bertz CT molecular complexity index is 569. The number of benzene rings is 1. The van der Waals surface area contributed by atoms with Gasteiger partial charge in [0.2, 0.25) is 10.0 Å². The molecule has 0 heterocycles. The summed E-state index contributed by atoms with van der Waals surface area (Å²) >= 11 is 0. The third kappa shape index (κ3) is 3.33. The molecule has 0 spiro atoms. The summed E-state index contributed by atoms with van der Waals surface area (Å²) < 4.78 is 27.5. The Balaban J connectivity index is 2.09. The van der Waals surface area contributed by atoms with Crippen LogP contribution in [0.1, 0.15) is 38.2 Å². The van der Waals surface area contributed by atoms with E-state index in [0.717, 1.165) is 6.42 Å². The zero-order valence-corrected chi connectivity index (χ0v) is 13.0. The Morgan fingerprint density at radius 2 is 2.00 bits per heavy atom. The quantitative estimate of drug-likeness (QED) is 0.839. The van der Waals surface area contributed by atoms with Crippen LogP contribution in [0.5, 0.6) is 0 Å². The summed E-state index contributed by atoms with van der Waals surface area (Å²) in [6.45, 7) is 4.48. The molecule has 0 radical (unpaired) electrons. The van der Waals surface area contributed by atoms with E-state index in [2.05, 4.69) is 11.6 Å². The summed E-state index contributed by atoms with van der Waals surface area (Å²) in [6, 6.07) is 5.01. The van der Waals surface area contributed by atoms with Crippen LogP contribution in [0.2, 0.25) is 0 Å². The van der Waals surface area contributed by atoms with E-state index in [1.807, 2.05) is 0 Å². The maximum Gasteiger partial charge on any atom is 0.240 e. The molecule has 20 heavy (non-hydrogen) atoms. The molecule has 1 saturated carbocycles. The first-order valence-corrected chi connectivity index (χ1v) is 8.75. The van der Waals surface area contributed by atoms with Crippen LogP contribution in [0.15, 0.2) is 23.1 Å². The summed E-state index contributed by atoms with van der Waals surface area (Å²) in [5.41, 5.74) is 6.92. The van der Waals surface area contributed by atoms with Crippen LogP contribution in [0.25, 0.3) is 0 Å². The zero-order valence-electron chi connectivity index (χ0n) is 12.2. The second-order valence-electron chi connectivity index (χ2n) is 5.84. The summed E-state index contributed by atoms with van der Waals surface area (Å²) in [6.07, 6.45) is 4.77. The number of nitrogen functional groups attached to an aromatic ring is 1. The van der Waals surface area contributed by atoms with Crippen LogP contribution in [-0.2, 0) is 10.0 Å². The minimum absolute atomic E-state index is 0.293. The Hall–Kier alpha value is -1.07. The van der Waals surface area contributed by atoms with E-state index in [9.17, 15) is 8.42 Å². The molecule has 2 atom stereocenters. The van der Waals surface area contributed by atoms with Crippen molar-refractivity contribution in [1.82, 2.24) is 4.72 Å². The summed E-state index contributed by atoms with van der Waals surface area (Å²) in [4.78, 5) is 0.293. The highest BCUT2D eigenvalue weighted by molar-refractivity contribution is 7.89. The van der Waals surface area contributed by atoms with Gasteiger partial charge < -0.3 is 5.73 Å². The SMILES string of the molecule is Cc1c(N)cccc1S(=O)(=O)NCC1CCCCC1C. The fraction of sp³-hybridized carbons (Fsp3) is 0.600. The molecule has 0 bridgehead atoms. The van der Waals surface area contributed by atoms with E-state index in [0.29, 0.717) is 34.5 Å². The van der Waals surface area contributed by atoms with Crippen molar-refractivity contribution in [2.24, 2.45) is 11.8 Å². The van der Waals surface area contributed by atoms with Gasteiger partial charge in [-0.2, -0.15) is 0 Å². The fourth-order valence-electron chi connectivity index (χ4n) is 2.91. The van der Waals surface area contributed by atoms with E-state index in [1.165, 1.54) is 19.3 Å². The van der Waals surface area contributed by atoms with E-state index < -0.39 is 10.0 Å². The van der Waals surface area contributed by atoms with Crippen LogP contribution in [0, 0.1) is 18.8 Å². The van der Waals surface area contributed by atoms with Gasteiger partial charge in [-0.15, -0.1) is 0 Å². The van der Waals surface area contributed by atoms with Crippen molar-refractivity contribution >= 4 is 15.7 Å². The normalized spacial score (nSPS) is 23.7. The van der Waals surface area contributed by atoms with Gasteiger partial charge in [0, 0.05) is 12.2 Å². The van der Waals surface area contributed by atoms with Crippen LogP contribution < -0.4 is 10.5 Å². The predicted octanol–water partition coefficient (Wildman–Crippen LogP) is 2.68. The average Bonchev–Trinajstić information content (AvgIpc) is 2.41. The molecule has 2 rings (SSSR count). The maximum atomic E-state index is 12.4. The van der Waals surface area contributed by atoms with Crippen molar-refractivity contribution < 1.29 is 8.42 Å². The molecule has 3 N–H and O–H groups in total. The summed E-state index contributed by atoms with van der Waals surface area (Å²) in [5, 5.41) is 0. The molecule has 2 unspecified atom stereocenters. The highest BCUT2D eigenvalue weighted by Crippen LogP contribution is 2.29. The first kappa shape index (κ1) is 15.3. The van der Waals surface area contributed by atoms with Crippen molar-refractivity contribution in [3.63, 3.8) is 0 Å². The molecular weight excluding hydrogens is 272 g/mol. The Labute approximate surface area is 121 Å². The maximum absolute atomic E-state index is 12.4. The second-order valence-corrected chi connectivity index (χ2v) is 7.58. The molecular formula is C15H24N2O2S. The van der Waals surface area contributed by atoms with E-state index >= 15 is 0 Å². The van der Waals surface area contributed by atoms with Crippen LogP contribution in [0.4, 0.5) is 5.69 Å². The lowest BCUT2D eigenvalue weighted by Gasteiger charge is -2.28. The zero-order chi connectivity index (χ0) is 14.8. The van der Waals surface area contributed by atoms with Gasteiger partial charge in [0.05, 0.1) is 4.90 Å². The molecule has 0 aliphatic heterocycles. The molecule has 1 aromatic carbocycles. The van der Waals surface area contributed by atoms with Crippen molar-refractivity contribution in [1.29, 1.82) is 0 Å². The minimum atomic E-state index is -3.47. The van der Waals surface area contributed by atoms with Crippen molar-refractivity contribution in [3.8, 4) is 0 Å². The standard InChI is InChI=1S/C15H24N2O2S/c1-11-6-3-4-7-13(11)10-17-20(18,19)15-9-5-8-14(16)12(15)2/h5,8-9,11,13,17H,3-4,6-7,10,16H2,1-2H3. The van der Waals surface area contributed by atoms with Crippen LogP contribution in [0.3, 0.4) is 0 Å². The second kappa shape index (κ2) is 6.14. The third-order valence-electron chi connectivity index (χ3n) is 4.44. The van der Waals surface area contributed by atoms with Gasteiger partial charge in [-0.25, -0.2) is 13.1 Å². The lowest BCUT2D eigenvalue weighted by Crippen LogP contribution is -2.33. The van der Waals surface area contributed by atoms with Crippen molar-refractivity contribution in [2.45, 2.75) is 44.4 Å². The Kier molecular flexibility index (Phi) is 4.70. The van der Waals surface area contributed by atoms with E-state index in [1.54, 1.807) is 25.1 Å². The van der Waals surface area contributed by atoms with Crippen LogP contribution in [-0.4, -0.2) is 15.0 Å². The molecule has 0 amide bonds. The minimum Gasteiger partial charge on any atom is -0.398 e. The third-order valence-corrected chi connectivity index (χ3v) is 6.01. The molecule has 1 aliphatic carbocycles. The lowest BCUT2D eigenvalue weighted by molar-refractivity contribution is 0.257. The predicted molar refractivity (Wildman–Crippen MR) is 81.9 cm³/mol. The van der Waals surface area contributed by atoms with E-state index in [4.69, 9.17) is 5.73 Å². The highest BCUT2D eigenvalue weighted by Gasteiger charge is 2.24. The van der Waals surface area contributed by atoms with Gasteiger partial charge in [0.1, 0.15) is 0 Å².